The fraction of sp³-hybridized carbons (Fsp3) is 0.462. The molecule has 1 aromatic carbocycles. The van der Waals surface area contributed by atoms with Gasteiger partial charge in [0.2, 0.25) is 5.91 Å². The van der Waals surface area contributed by atoms with E-state index in [1.165, 1.54) is 6.07 Å². The highest BCUT2D eigenvalue weighted by atomic mass is 19.1. The van der Waals surface area contributed by atoms with E-state index >= 15 is 0 Å². The topological polar surface area (TPSA) is 55.1 Å². The molecule has 3 nitrogen and oxygen atoms in total. The van der Waals surface area contributed by atoms with Crippen molar-refractivity contribution >= 4 is 5.91 Å². The van der Waals surface area contributed by atoms with E-state index in [4.69, 9.17) is 5.73 Å². The Labute approximate surface area is 104 Å². The zero-order chi connectivity index (χ0) is 13.1. The van der Waals surface area contributed by atoms with E-state index < -0.39 is 11.6 Å². The number of hydrogen-bond acceptors (Lipinski definition) is 2. The molecule has 3 N–H and O–H groups in total. The van der Waals surface area contributed by atoms with Crippen molar-refractivity contribution in [3.05, 3.63) is 35.4 Å². The summed E-state index contributed by atoms with van der Waals surface area (Å²) in [4.78, 5) is 11.6. The van der Waals surface area contributed by atoms with Crippen LogP contribution in [0.2, 0.25) is 0 Å². The highest BCUT2D eigenvalue weighted by Gasteiger charge is 2.26. The number of carbonyl (C=O) groups excluding carboxylic acids is 1. The van der Waals surface area contributed by atoms with Crippen molar-refractivity contribution in [3.8, 4) is 0 Å². The molecule has 0 heterocycles. The van der Waals surface area contributed by atoms with Crippen LogP contribution in [0, 0.1) is 17.6 Å². The Hall–Kier alpha value is -1.49. The molecule has 0 radical (unpaired) electrons. The van der Waals surface area contributed by atoms with Gasteiger partial charge < -0.3 is 11.1 Å². The summed E-state index contributed by atoms with van der Waals surface area (Å²) in [5.41, 5.74) is 5.45. The number of benzene rings is 1. The van der Waals surface area contributed by atoms with E-state index in [1.54, 1.807) is 0 Å². The molecule has 0 spiro atoms. The zero-order valence-corrected chi connectivity index (χ0v) is 9.96. The third kappa shape index (κ3) is 3.04. The molecule has 0 aliphatic heterocycles. The third-order valence-corrected chi connectivity index (χ3v) is 3.26. The molecule has 0 aromatic heterocycles. The number of nitrogens with one attached hydrogen (secondary N) is 1. The molecule has 18 heavy (non-hydrogen) atoms. The summed E-state index contributed by atoms with van der Waals surface area (Å²) < 4.78 is 26.6. The van der Waals surface area contributed by atoms with Crippen LogP contribution in [0.4, 0.5) is 8.78 Å². The Balaban J connectivity index is 1.83. The first-order chi connectivity index (χ1) is 8.56. The van der Waals surface area contributed by atoms with Gasteiger partial charge in [-0.3, -0.25) is 4.79 Å². The lowest BCUT2D eigenvalue weighted by Gasteiger charge is -2.32. The minimum absolute atomic E-state index is 0.180. The van der Waals surface area contributed by atoms with Gasteiger partial charge in [0.05, 0.1) is 6.42 Å². The largest absolute Gasteiger partial charge is 0.356 e. The first kappa shape index (κ1) is 13.0. The smallest absolute Gasteiger partial charge is 0.224 e. The van der Waals surface area contributed by atoms with Crippen LogP contribution in [0.1, 0.15) is 18.4 Å². The van der Waals surface area contributed by atoms with Gasteiger partial charge in [0.15, 0.2) is 0 Å². The second-order valence-electron chi connectivity index (χ2n) is 4.78. The lowest BCUT2D eigenvalue weighted by Crippen LogP contribution is -2.43. The number of rotatable bonds is 4. The highest BCUT2D eigenvalue weighted by molar-refractivity contribution is 5.78. The van der Waals surface area contributed by atoms with Gasteiger partial charge in [0, 0.05) is 18.2 Å². The van der Waals surface area contributed by atoms with E-state index in [0.717, 1.165) is 25.0 Å². The van der Waals surface area contributed by atoms with Gasteiger partial charge in [-0.2, -0.15) is 0 Å². The molecular formula is C13H16F2N2O. The van der Waals surface area contributed by atoms with Crippen LogP contribution in [0.5, 0.6) is 0 Å². The predicted molar refractivity (Wildman–Crippen MR) is 63.8 cm³/mol. The third-order valence-electron chi connectivity index (χ3n) is 3.26. The molecule has 0 saturated heterocycles. The molecule has 98 valence electrons. The second-order valence-corrected chi connectivity index (χ2v) is 4.78. The minimum Gasteiger partial charge on any atom is -0.356 e. The molecule has 5 heteroatoms. The van der Waals surface area contributed by atoms with Crippen molar-refractivity contribution in [1.82, 2.24) is 5.32 Å². The van der Waals surface area contributed by atoms with Crippen molar-refractivity contribution in [1.29, 1.82) is 0 Å². The number of carbonyl (C=O) groups is 1. The van der Waals surface area contributed by atoms with Gasteiger partial charge in [0.1, 0.15) is 11.6 Å². The summed E-state index contributed by atoms with van der Waals surface area (Å²) in [5.74, 6) is -1.33. The fourth-order valence-electron chi connectivity index (χ4n) is 2.14. The molecular weight excluding hydrogens is 238 g/mol. The normalized spacial score (nSPS) is 22.4. The van der Waals surface area contributed by atoms with Crippen LogP contribution in [-0.2, 0) is 11.2 Å². The van der Waals surface area contributed by atoms with E-state index in [-0.39, 0.29) is 23.9 Å². The Morgan fingerprint density at radius 1 is 1.33 bits per heavy atom. The van der Waals surface area contributed by atoms with Crippen LogP contribution in [-0.4, -0.2) is 18.5 Å². The molecule has 1 fully saturated rings. The number of amides is 1. The molecule has 1 aliphatic rings. The van der Waals surface area contributed by atoms with E-state index in [1.807, 2.05) is 0 Å². The number of halogens is 2. The predicted octanol–water partition coefficient (Wildman–Crippen LogP) is 1.36. The Kier molecular flexibility index (Phi) is 3.91. The van der Waals surface area contributed by atoms with Crippen LogP contribution in [0.15, 0.2) is 18.2 Å². The lowest BCUT2D eigenvalue weighted by molar-refractivity contribution is -0.120. The molecule has 1 amide bonds. The Morgan fingerprint density at radius 3 is 2.50 bits per heavy atom. The van der Waals surface area contributed by atoms with Crippen LogP contribution < -0.4 is 11.1 Å². The molecule has 0 bridgehead atoms. The van der Waals surface area contributed by atoms with Crippen molar-refractivity contribution < 1.29 is 13.6 Å². The maximum Gasteiger partial charge on any atom is 0.224 e. The van der Waals surface area contributed by atoms with E-state index in [2.05, 4.69) is 5.32 Å². The SMILES string of the molecule is NC1CC(CNC(=O)Cc2c(F)cccc2F)C1. The first-order valence-electron chi connectivity index (χ1n) is 6.01. The quantitative estimate of drug-likeness (QED) is 0.852. The van der Waals surface area contributed by atoms with Gasteiger partial charge in [-0.1, -0.05) is 6.07 Å². The van der Waals surface area contributed by atoms with Crippen LogP contribution in [0.25, 0.3) is 0 Å². The molecule has 1 aliphatic carbocycles. The van der Waals surface area contributed by atoms with Crippen molar-refractivity contribution in [2.45, 2.75) is 25.3 Å². The monoisotopic (exact) mass is 254 g/mol. The van der Waals surface area contributed by atoms with Crippen LogP contribution in [0.3, 0.4) is 0 Å². The van der Waals surface area contributed by atoms with Gasteiger partial charge in [-0.15, -0.1) is 0 Å². The summed E-state index contributed by atoms with van der Waals surface area (Å²) >= 11 is 0. The summed E-state index contributed by atoms with van der Waals surface area (Å²) in [5, 5.41) is 2.68. The molecule has 1 saturated carbocycles. The van der Waals surface area contributed by atoms with Gasteiger partial charge in [0.25, 0.3) is 0 Å². The van der Waals surface area contributed by atoms with Gasteiger partial charge in [-0.25, -0.2) is 8.78 Å². The minimum atomic E-state index is -0.684. The van der Waals surface area contributed by atoms with E-state index in [9.17, 15) is 13.6 Å². The maximum atomic E-state index is 13.3. The standard InChI is InChI=1S/C13H16F2N2O/c14-11-2-1-3-12(15)10(11)6-13(18)17-7-8-4-9(16)5-8/h1-3,8-9H,4-7,16H2,(H,17,18). The van der Waals surface area contributed by atoms with Crippen molar-refractivity contribution in [2.24, 2.45) is 11.7 Å². The molecule has 2 rings (SSSR count). The van der Waals surface area contributed by atoms with Crippen molar-refractivity contribution in [2.75, 3.05) is 6.54 Å². The van der Waals surface area contributed by atoms with Crippen LogP contribution >= 0.6 is 0 Å². The number of hydrogen-bond donors (Lipinski definition) is 2. The summed E-state index contributed by atoms with van der Waals surface area (Å²) in [6, 6.07) is 3.81. The lowest BCUT2D eigenvalue weighted by atomic mass is 9.81. The fourth-order valence-corrected chi connectivity index (χ4v) is 2.14. The van der Waals surface area contributed by atoms with Gasteiger partial charge in [-0.05, 0) is 30.9 Å². The second kappa shape index (κ2) is 5.44. The Bertz CT molecular complexity index is 424. The summed E-state index contributed by atoms with van der Waals surface area (Å²) in [7, 11) is 0. The average Bonchev–Trinajstić information content (AvgIpc) is 2.28. The number of nitrogens with two attached hydrogens (primary N) is 1. The first-order valence-corrected chi connectivity index (χ1v) is 6.01. The zero-order valence-electron chi connectivity index (χ0n) is 9.96. The Morgan fingerprint density at radius 2 is 1.94 bits per heavy atom. The van der Waals surface area contributed by atoms with E-state index in [0.29, 0.717) is 12.5 Å². The summed E-state index contributed by atoms with van der Waals surface area (Å²) in [6.07, 6.45) is 1.53. The highest BCUT2D eigenvalue weighted by Crippen LogP contribution is 2.24. The molecule has 1 aromatic rings. The molecule has 0 unspecified atom stereocenters. The van der Waals surface area contributed by atoms with Crippen molar-refractivity contribution in [3.63, 3.8) is 0 Å². The molecule has 0 atom stereocenters. The summed E-state index contributed by atoms with van der Waals surface area (Å²) in [6.45, 7) is 0.530. The maximum absolute atomic E-state index is 13.3. The average molecular weight is 254 g/mol. The van der Waals surface area contributed by atoms with Gasteiger partial charge >= 0.3 is 0 Å².